The van der Waals surface area contributed by atoms with Crippen LogP contribution in [-0.2, 0) is 6.18 Å². The zero-order valence-electron chi connectivity index (χ0n) is 11.0. The summed E-state index contributed by atoms with van der Waals surface area (Å²) in [5.41, 5.74) is -0.357. The van der Waals surface area contributed by atoms with Crippen molar-refractivity contribution < 1.29 is 13.2 Å². The van der Waals surface area contributed by atoms with Crippen LogP contribution in [0.4, 0.5) is 18.9 Å². The van der Waals surface area contributed by atoms with Crippen LogP contribution in [0, 0.1) is 11.3 Å². The van der Waals surface area contributed by atoms with Crippen LogP contribution in [0.15, 0.2) is 18.2 Å². The largest absolute Gasteiger partial charge is 0.418 e. The molecule has 0 aromatic heterocycles. The van der Waals surface area contributed by atoms with Gasteiger partial charge in [0.2, 0.25) is 0 Å². The highest BCUT2D eigenvalue weighted by atomic mass is 19.4. The third kappa shape index (κ3) is 2.13. The molecule has 106 valence electrons. The van der Waals surface area contributed by atoms with Gasteiger partial charge in [0.1, 0.15) is 0 Å². The highest BCUT2D eigenvalue weighted by molar-refractivity contribution is 5.60. The van der Waals surface area contributed by atoms with Gasteiger partial charge in [-0.05, 0) is 50.3 Å². The third-order valence-corrected chi connectivity index (χ3v) is 4.40. The van der Waals surface area contributed by atoms with Gasteiger partial charge in [-0.3, -0.25) is 0 Å². The van der Waals surface area contributed by atoms with Crippen molar-refractivity contribution in [2.24, 2.45) is 0 Å². The number of piperidine rings is 1. The lowest BCUT2D eigenvalue weighted by molar-refractivity contribution is -0.137. The maximum atomic E-state index is 13.3. The molecule has 2 atom stereocenters. The SMILES string of the molecule is N#Cc1ccc(N2C3CCCC2CC3)c(C(F)(F)F)c1. The first kappa shape index (κ1) is 13.3. The van der Waals surface area contributed by atoms with Crippen LogP contribution >= 0.6 is 0 Å². The standard InChI is InChI=1S/C15H15F3N2/c16-15(17,18)13-8-10(9-19)4-7-14(13)20-11-2-1-3-12(20)6-5-11/h4,7-8,11-12H,1-3,5-6H2. The Morgan fingerprint density at radius 2 is 1.75 bits per heavy atom. The van der Waals surface area contributed by atoms with Gasteiger partial charge in [0, 0.05) is 17.8 Å². The fraction of sp³-hybridized carbons (Fsp3) is 0.533. The van der Waals surface area contributed by atoms with E-state index in [1.165, 1.54) is 12.1 Å². The summed E-state index contributed by atoms with van der Waals surface area (Å²) in [7, 11) is 0. The lowest BCUT2D eigenvalue weighted by atomic mass is 9.99. The molecular weight excluding hydrogens is 265 g/mol. The lowest BCUT2D eigenvalue weighted by Gasteiger charge is -2.38. The Hall–Kier alpha value is -1.70. The van der Waals surface area contributed by atoms with E-state index in [9.17, 15) is 13.2 Å². The lowest BCUT2D eigenvalue weighted by Crippen LogP contribution is -2.40. The molecule has 5 heteroatoms. The molecule has 2 aliphatic heterocycles. The Labute approximate surface area is 115 Å². The van der Waals surface area contributed by atoms with Crippen molar-refractivity contribution >= 4 is 5.69 Å². The predicted octanol–water partition coefficient (Wildman–Crippen LogP) is 4.10. The van der Waals surface area contributed by atoms with Crippen molar-refractivity contribution in [2.75, 3.05) is 4.90 Å². The van der Waals surface area contributed by atoms with Crippen LogP contribution in [-0.4, -0.2) is 12.1 Å². The van der Waals surface area contributed by atoms with Gasteiger partial charge in [0.05, 0.1) is 17.2 Å². The molecule has 2 aliphatic rings. The molecule has 3 rings (SSSR count). The van der Waals surface area contributed by atoms with Crippen molar-refractivity contribution in [3.63, 3.8) is 0 Å². The molecule has 2 saturated heterocycles. The molecule has 2 fully saturated rings. The summed E-state index contributed by atoms with van der Waals surface area (Å²) >= 11 is 0. The average molecular weight is 280 g/mol. The topological polar surface area (TPSA) is 27.0 Å². The van der Waals surface area contributed by atoms with E-state index in [1.54, 1.807) is 6.07 Å². The van der Waals surface area contributed by atoms with E-state index in [0.29, 0.717) is 0 Å². The van der Waals surface area contributed by atoms with Gasteiger partial charge < -0.3 is 4.90 Å². The summed E-state index contributed by atoms with van der Waals surface area (Å²) in [6, 6.07) is 6.17. The van der Waals surface area contributed by atoms with Crippen molar-refractivity contribution in [2.45, 2.75) is 50.4 Å². The van der Waals surface area contributed by atoms with E-state index in [1.807, 2.05) is 4.90 Å². The van der Waals surface area contributed by atoms with Gasteiger partial charge in [-0.1, -0.05) is 0 Å². The van der Waals surface area contributed by atoms with Gasteiger partial charge >= 0.3 is 6.18 Å². The van der Waals surface area contributed by atoms with Crippen LogP contribution in [0.3, 0.4) is 0 Å². The van der Waals surface area contributed by atoms with Crippen molar-refractivity contribution in [1.29, 1.82) is 5.26 Å². The smallest absolute Gasteiger partial charge is 0.365 e. The number of benzene rings is 1. The van der Waals surface area contributed by atoms with E-state index in [4.69, 9.17) is 5.26 Å². The summed E-state index contributed by atoms with van der Waals surface area (Å²) in [6.07, 6.45) is 0.564. The Morgan fingerprint density at radius 1 is 1.10 bits per heavy atom. The first-order valence-corrected chi connectivity index (χ1v) is 6.90. The molecule has 1 aromatic carbocycles. The molecule has 20 heavy (non-hydrogen) atoms. The second-order valence-corrected chi connectivity index (χ2v) is 5.56. The minimum Gasteiger partial charge on any atom is -0.365 e. The molecule has 2 bridgehead atoms. The number of hydrogen-bond donors (Lipinski definition) is 0. The molecule has 2 nitrogen and oxygen atoms in total. The Balaban J connectivity index is 2.07. The van der Waals surface area contributed by atoms with Crippen LogP contribution in [0.5, 0.6) is 0 Å². The van der Waals surface area contributed by atoms with Crippen LogP contribution in [0.1, 0.15) is 43.2 Å². The minimum absolute atomic E-state index is 0.0606. The molecule has 0 N–H and O–H groups in total. The fourth-order valence-electron chi connectivity index (χ4n) is 3.57. The highest BCUT2D eigenvalue weighted by Crippen LogP contribution is 2.44. The van der Waals surface area contributed by atoms with Gasteiger partial charge in [-0.25, -0.2) is 0 Å². The second kappa shape index (κ2) is 4.69. The monoisotopic (exact) mass is 280 g/mol. The summed E-state index contributed by atoms with van der Waals surface area (Å²) in [4.78, 5) is 1.95. The zero-order valence-corrected chi connectivity index (χ0v) is 11.0. The number of nitrogens with zero attached hydrogens (tertiary/aromatic N) is 2. The fourth-order valence-corrected chi connectivity index (χ4v) is 3.57. The summed E-state index contributed by atoms with van der Waals surface area (Å²) in [5, 5.41) is 8.81. The third-order valence-electron chi connectivity index (χ3n) is 4.40. The van der Waals surface area contributed by atoms with Gasteiger partial charge in [-0.2, -0.15) is 18.4 Å². The summed E-state index contributed by atoms with van der Waals surface area (Å²) in [5.74, 6) is 0. The Kier molecular flexibility index (Phi) is 3.12. The molecular formula is C15H15F3N2. The van der Waals surface area contributed by atoms with Crippen LogP contribution in [0.2, 0.25) is 0 Å². The number of fused-ring (bicyclic) bond motifs is 2. The number of anilines is 1. The minimum atomic E-state index is -4.42. The molecule has 2 unspecified atom stereocenters. The normalized spacial score (nSPS) is 25.6. The van der Waals surface area contributed by atoms with Gasteiger partial charge in [0.15, 0.2) is 0 Å². The molecule has 0 saturated carbocycles. The van der Waals surface area contributed by atoms with Crippen molar-refractivity contribution in [3.05, 3.63) is 29.3 Å². The van der Waals surface area contributed by atoms with Crippen LogP contribution < -0.4 is 4.90 Å². The van der Waals surface area contributed by atoms with E-state index < -0.39 is 11.7 Å². The summed E-state index contributed by atoms with van der Waals surface area (Å²) < 4.78 is 39.8. The molecule has 0 radical (unpaired) electrons. The molecule has 0 aliphatic carbocycles. The van der Waals surface area contributed by atoms with E-state index in [-0.39, 0.29) is 23.3 Å². The Bertz CT molecular complexity index is 543. The van der Waals surface area contributed by atoms with Gasteiger partial charge in [-0.15, -0.1) is 0 Å². The zero-order chi connectivity index (χ0) is 14.3. The van der Waals surface area contributed by atoms with E-state index >= 15 is 0 Å². The number of halogens is 3. The first-order chi connectivity index (χ1) is 9.50. The molecule has 1 aromatic rings. The average Bonchev–Trinajstić information content (AvgIpc) is 2.66. The predicted molar refractivity (Wildman–Crippen MR) is 69.3 cm³/mol. The van der Waals surface area contributed by atoms with Gasteiger partial charge in [0.25, 0.3) is 0 Å². The molecule has 2 heterocycles. The quantitative estimate of drug-likeness (QED) is 0.774. The second-order valence-electron chi connectivity index (χ2n) is 5.56. The number of rotatable bonds is 1. The van der Waals surface area contributed by atoms with E-state index in [2.05, 4.69) is 0 Å². The van der Waals surface area contributed by atoms with Crippen LogP contribution in [0.25, 0.3) is 0 Å². The maximum Gasteiger partial charge on any atom is 0.418 e. The highest BCUT2D eigenvalue weighted by Gasteiger charge is 2.42. The van der Waals surface area contributed by atoms with Crippen molar-refractivity contribution in [3.8, 4) is 6.07 Å². The summed E-state index contributed by atoms with van der Waals surface area (Å²) in [6.45, 7) is 0. The Morgan fingerprint density at radius 3 is 2.30 bits per heavy atom. The number of alkyl halides is 3. The number of nitriles is 1. The molecule has 0 spiro atoms. The molecule has 0 amide bonds. The first-order valence-electron chi connectivity index (χ1n) is 6.90. The maximum absolute atomic E-state index is 13.3. The van der Waals surface area contributed by atoms with Crippen molar-refractivity contribution in [1.82, 2.24) is 0 Å². The van der Waals surface area contributed by atoms with E-state index in [0.717, 1.165) is 38.2 Å². The number of hydrogen-bond acceptors (Lipinski definition) is 2.